The van der Waals surface area contributed by atoms with E-state index >= 15 is 0 Å². The number of likely N-dealkylation sites (N-methyl/N-ethyl adjacent to an activating group) is 1. The molecular formula is C22H30N4O2. The summed E-state index contributed by atoms with van der Waals surface area (Å²) < 4.78 is 0. The van der Waals surface area contributed by atoms with E-state index in [0.29, 0.717) is 17.7 Å². The Morgan fingerprint density at radius 2 is 1.36 bits per heavy atom. The van der Waals surface area contributed by atoms with Crippen LogP contribution >= 0.6 is 0 Å². The lowest BCUT2D eigenvalue weighted by atomic mass is 10.1. The van der Waals surface area contributed by atoms with Gasteiger partial charge in [-0.15, -0.1) is 0 Å². The average molecular weight is 383 g/mol. The lowest BCUT2D eigenvalue weighted by Crippen LogP contribution is -2.31. The van der Waals surface area contributed by atoms with E-state index in [-0.39, 0.29) is 11.8 Å². The summed E-state index contributed by atoms with van der Waals surface area (Å²) in [6, 6.07) is 14.5. The van der Waals surface area contributed by atoms with Gasteiger partial charge in [0.2, 0.25) is 0 Å². The zero-order valence-electron chi connectivity index (χ0n) is 17.2. The smallest absolute Gasteiger partial charge is 0.255 e. The summed E-state index contributed by atoms with van der Waals surface area (Å²) >= 11 is 0. The van der Waals surface area contributed by atoms with Crippen LogP contribution < -0.4 is 15.5 Å². The Morgan fingerprint density at radius 3 is 1.86 bits per heavy atom. The van der Waals surface area contributed by atoms with Gasteiger partial charge < -0.3 is 20.4 Å². The number of hydrogen-bond acceptors (Lipinski definition) is 4. The average Bonchev–Trinajstić information content (AvgIpc) is 2.70. The number of hydrogen-bond donors (Lipinski definition) is 2. The van der Waals surface area contributed by atoms with Crippen LogP contribution in [0.15, 0.2) is 48.5 Å². The van der Waals surface area contributed by atoms with E-state index in [1.54, 1.807) is 24.3 Å². The minimum atomic E-state index is -0.199. The van der Waals surface area contributed by atoms with E-state index in [9.17, 15) is 9.59 Å². The fourth-order valence-electron chi connectivity index (χ4n) is 2.82. The van der Waals surface area contributed by atoms with Gasteiger partial charge in [-0.1, -0.05) is 0 Å². The summed E-state index contributed by atoms with van der Waals surface area (Å²) in [5.41, 5.74) is 2.93. The molecule has 0 unspecified atom stereocenters. The highest BCUT2D eigenvalue weighted by Gasteiger charge is 2.10. The second-order valence-corrected chi connectivity index (χ2v) is 6.81. The molecule has 0 radical (unpaired) electrons. The minimum Gasteiger partial charge on any atom is -0.372 e. The number of anilines is 2. The Kier molecular flexibility index (Phi) is 8.02. The number of carbonyl (C=O) groups excluding carboxylic acids is 2. The Bertz CT molecular complexity index is 766. The Balaban J connectivity index is 1.94. The van der Waals surface area contributed by atoms with E-state index in [4.69, 9.17) is 0 Å². The van der Waals surface area contributed by atoms with E-state index in [2.05, 4.69) is 29.4 Å². The minimum absolute atomic E-state index is 0.138. The largest absolute Gasteiger partial charge is 0.372 e. The van der Waals surface area contributed by atoms with Crippen LogP contribution in [0, 0.1) is 0 Å². The quantitative estimate of drug-likeness (QED) is 0.700. The lowest BCUT2D eigenvalue weighted by molar-refractivity contribution is 0.0949. The Morgan fingerprint density at radius 1 is 0.821 bits per heavy atom. The van der Waals surface area contributed by atoms with Crippen LogP contribution in [0.5, 0.6) is 0 Å². The number of nitrogens with one attached hydrogen (secondary N) is 2. The fourth-order valence-corrected chi connectivity index (χ4v) is 2.82. The SMILES string of the molecule is CCN(CC)c1ccc(NC(=O)c2ccc(C(=O)NCCN(C)C)cc2)cc1. The number of benzene rings is 2. The number of carbonyl (C=O) groups is 2. The molecule has 0 spiro atoms. The molecule has 150 valence electrons. The molecule has 0 saturated carbocycles. The molecule has 0 aliphatic heterocycles. The van der Waals surface area contributed by atoms with Gasteiger partial charge in [0.25, 0.3) is 11.8 Å². The highest BCUT2D eigenvalue weighted by atomic mass is 16.2. The van der Waals surface area contributed by atoms with Gasteiger partial charge in [0.05, 0.1) is 0 Å². The van der Waals surface area contributed by atoms with Gasteiger partial charge in [0, 0.05) is 48.7 Å². The highest BCUT2D eigenvalue weighted by molar-refractivity contribution is 6.05. The number of rotatable bonds is 9. The van der Waals surface area contributed by atoms with Gasteiger partial charge in [-0.05, 0) is 76.5 Å². The van der Waals surface area contributed by atoms with E-state index in [1.807, 2.05) is 43.3 Å². The molecule has 2 aromatic rings. The summed E-state index contributed by atoms with van der Waals surface area (Å²) in [5.74, 6) is -0.337. The zero-order valence-corrected chi connectivity index (χ0v) is 17.2. The fraction of sp³-hybridized carbons (Fsp3) is 0.364. The van der Waals surface area contributed by atoms with Crippen molar-refractivity contribution < 1.29 is 9.59 Å². The molecule has 6 heteroatoms. The van der Waals surface area contributed by atoms with Crippen LogP contribution in [0.3, 0.4) is 0 Å². The summed E-state index contributed by atoms with van der Waals surface area (Å²) in [7, 11) is 3.91. The Hall–Kier alpha value is -2.86. The molecular weight excluding hydrogens is 352 g/mol. The van der Waals surface area contributed by atoms with Gasteiger partial charge in [-0.2, -0.15) is 0 Å². The summed E-state index contributed by atoms with van der Waals surface area (Å²) in [6.45, 7) is 7.47. The first-order chi connectivity index (χ1) is 13.4. The van der Waals surface area contributed by atoms with Gasteiger partial charge in [0.15, 0.2) is 0 Å². The van der Waals surface area contributed by atoms with Gasteiger partial charge in [0.1, 0.15) is 0 Å². The van der Waals surface area contributed by atoms with Gasteiger partial charge in [-0.25, -0.2) is 0 Å². The van der Waals surface area contributed by atoms with E-state index in [1.165, 1.54) is 0 Å². The maximum Gasteiger partial charge on any atom is 0.255 e. The Labute approximate surface area is 167 Å². The number of nitrogens with zero attached hydrogens (tertiary/aromatic N) is 2. The molecule has 0 heterocycles. The second-order valence-electron chi connectivity index (χ2n) is 6.81. The molecule has 0 fully saturated rings. The van der Waals surface area contributed by atoms with E-state index < -0.39 is 0 Å². The van der Waals surface area contributed by atoms with Crippen LogP contribution in [0.25, 0.3) is 0 Å². The summed E-state index contributed by atoms with van der Waals surface area (Å²) in [5, 5.41) is 5.75. The summed E-state index contributed by atoms with van der Waals surface area (Å²) in [4.78, 5) is 28.8. The summed E-state index contributed by atoms with van der Waals surface area (Å²) in [6.07, 6.45) is 0. The molecule has 0 bridgehead atoms. The third-order valence-electron chi connectivity index (χ3n) is 4.51. The monoisotopic (exact) mass is 382 g/mol. The molecule has 2 aromatic carbocycles. The van der Waals surface area contributed by atoms with Crippen molar-refractivity contribution in [2.45, 2.75) is 13.8 Å². The topological polar surface area (TPSA) is 64.7 Å². The third kappa shape index (κ3) is 6.09. The first-order valence-corrected chi connectivity index (χ1v) is 9.64. The van der Waals surface area contributed by atoms with Crippen LogP contribution in [0.1, 0.15) is 34.6 Å². The molecule has 2 N–H and O–H groups in total. The molecule has 2 amide bonds. The first kappa shape index (κ1) is 21.4. The normalized spacial score (nSPS) is 10.6. The molecule has 0 saturated heterocycles. The standard InChI is InChI=1S/C22H30N4O2/c1-5-26(6-2)20-13-11-19(12-14-20)24-22(28)18-9-7-17(8-10-18)21(27)23-15-16-25(3)4/h7-14H,5-6,15-16H2,1-4H3,(H,23,27)(H,24,28). The zero-order chi connectivity index (χ0) is 20.5. The van der Waals surface area contributed by atoms with E-state index in [0.717, 1.165) is 31.0 Å². The number of amides is 2. The van der Waals surface area contributed by atoms with Crippen LogP contribution in [-0.2, 0) is 0 Å². The van der Waals surface area contributed by atoms with Crippen molar-refractivity contribution in [3.63, 3.8) is 0 Å². The van der Waals surface area contributed by atoms with Crippen molar-refractivity contribution in [2.24, 2.45) is 0 Å². The maximum absolute atomic E-state index is 12.4. The molecule has 28 heavy (non-hydrogen) atoms. The predicted molar refractivity (Wildman–Crippen MR) is 115 cm³/mol. The van der Waals surface area contributed by atoms with Crippen LogP contribution in [0.4, 0.5) is 11.4 Å². The van der Waals surface area contributed by atoms with Gasteiger partial charge >= 0.3 is 0 Å². The van der Waals surface area contributed by atoms with Gasteiger partial charge in [-0.3, -0.25) is 9.59 Å². The first-order valence-electron chi connectivity index (χ1n) is 9.64. The van der Waals surface area contributed by atoms with Crippen molar-refractivity contribution in [1.82, 2.24) is 10.2 Å². The van der Waals surface area contributed by atoms with Crippen molar-refractivity contribution in [1.29, 1.82) is 0 Å². The molecule has 0 aliphatic carbocycles. The van der Waals surface area contributed by atoms with Crippen molar-refractivity contribution in [2.75, 3.05) is 50.5 Å². The maximum atomic E-state index is 12.4. The van der Waals surface area contributed by atoms with Crippen LogP contribution in [0.2, 0.25) is 0 Å². The lowest BCUT2D eigenvalue weighted by Gasteiger charge is -2.21. The second kappa shape index (κ2) is 10.5. The molecule has 2 rings (SSSR count). The molecule has 6 nitrogen and oxygen atoms in total. The molecule has 0 aliphatic rings. The van der Waals surface area contributed by atoms with Crippen molar-refractivity contribution >= 4 is 23.2 Å². The highest BCUT2D eigenvalue weighted by Crippen LogP contribution is 2.18. The van der Waals surface area contributed by atoms with Crippen molar-refractivity contribution in [3.05, 3.63) is 59.7 Å². The van der Waals surface area contributed by atoms with Crippen molar-refractivity contribution in [3.8, 4) is 0 Å². The molecule has 0 atom stereocenters. The predicted octanol–water partition coefficient (Wildman–Crippen LogP) is 3.08. The molecule has 0 aromatic heterocycles. The third-order valence-corrected chi connectivity index (χ3v) is 4.51. The van der Waals surface area contributed by atoms with Crippen LogP contribution in [-0.4, -0.2) is 57.0 Å².